The average molecular weight is 294 g/mol. The molecule has 0 aliphatic heterocycles. The van der Waals surface area contributed by atoms with Gasteiger partial charge in [-0.2, -0.15) is 0 Å². The van der Waals surface area contributed by atoms with Crippen LogP contribution in [0.15, 0.2) is 60.7 Å². The number of carbonyl (C=O) groups is 2. The van der Waals surface area contributed by atoms with E-state index in [0.717, 1.165) is 24.2 Å². The molecular formula is C18H18N2O2. The van der Waals surface area contributed by atoms with E-state index in [0.29, 0.717) is 0 Å². The first-order valence-corrected chi connectivity index (χ1v) is 7.46. The Labute approximate surface area is 129 Å². The van der Waals surface area contributed by atoms with Crippen molar-refractivity contribution in [2.45, 2.75) is 12.8 Å². The monoisotopic (exact) mass is 294 g/mol. The molecule has 2 amide bonds. The molecule has 0 bridgehead atoms. The van der Waals surface area contributed by atoms with Crippen LogP contribution in [0, 0.1) is 11.8 Å². The van der Waals surface area contributed by atoms with Gasteiger partial charge in [0.1, 0.15) is 0 Å². The minimum Gasteiger partial charge on any atom is -0.326 e. The topological polar surface area (TPSA) is 58.2 Å². The van der Waals surface area contributed by atoms with E-state index in [-0.39, 0.29) is 23.7 Å². The zero-order chi connectivity index (χ0) is 15.4. The number of anilines is 2. The first kappa shape index (κ1) is 14.3. The van der Waals surface area contributed by atoms with Crippen LogP contribution < -0.4 is 10.6 Å². The molecule has 1 saturated carbocycles. The summed E-state index contributed by atoms with van der Waals surface area (Å²) in [6.45, 7) is 0. The van der Waals surface area contributed by atoms with E-state index in [1.54, 1.807) is 0 Å². The lowest BCUT2D eigenvalue weighted by atomic mass is 9.72. The van der Waals surface area contributed by atoms with E-state index in [2.05, 4.69) is 10.6 Å². The van der Waals surface area contributed by atoms with Gasteiger partial charge in [0.05, 0.1) is 0 Å². The van der Waals surface area contributed by atoms with Crippen LogP contribution in [0.1, 0.15) is 12.8 Å². The molecule has 2 aromatic carbocycles. The highest BCUT2D eigenvalue weighted by atomic mass is 16.2. The van der Waals surface area contributed by atoms with Gasteiger partial charge in [-0.3, -0.25) is 9.59 Å². The molecule has 2 N–H and O–H groups in total. The van der Waals surface area contributed by atoms with E-state index >= 15 is 0 Å². The summed E-state index contributed by atoms with van der Waals surface area (Å²) < 4.78 is 0. The highest BCUT2D eigenvalue weighted by Gasteiger charge is 2.41. The molecule has 0 saturated heterocycles. The maximum absolute atomic E-state index is 12.3. The van der Waals surface area contributed by atoms with E-state index in [9.17, 15) is 9.59 Å². The molecule has 4 heteroatoms. The number of hydrogen-bond acceptors (Lipinski definition) is 2. The van der Waals surface area contributed by atoms with Crippen LogP contribution in [0.2, 0.25) is 0 Å². The van der Waals surface area contributed by atoms with Crippen LogP contribution in [0.5, 0.6) is 0 Å². The molecule has 112 valence electrons. The molecule has 2 atom stereocenters. The first-order chi connectivity index (χ1) is 10.7. The van der Waals surface area contributed by atoms with Gasteiger partial charge < -0.3 is 10.6 Å². The summed E-state index contributed by atoms with van der Waals surface area (Å²) in [4.78, 5) is 24.5. The summed E-state index contributed by atoms with van der Waals surface area (Å²) in [5.74, 6) is -0.649. The van der Waals surface area contributed by atoms with Crippen LogP contribution in [-0.4, -0.2) is 11.8 Å². The fraction of sp³-hybridized carbons (Fsp3) is 0.222. The van der Waals surface area contributed by atoms with Gasteiger partial charge in [0.15, 0.2) is 0 Å². The van der Waals surface area contributed by atoms with E-state index < -0.39 is 0 Å². The second-order valence-electron chi connectivity index (χ2n) is 5.50. The zero-order valence-electron chi connectivity index (χ0n) is 12.2. The average Bonchev–Trinajstić information content (AvgIpc) is 2.48. The molecule has 3 rings (SSSR count). The Morgan fingerprint density at radius 1 is 0.682 bits per heavy atom. The van der Waals surface area contributed by atoms with Crippen molar-refractivity contribution in [3.05, 3.63) is 60.7 Å². The fourth-order valence-corrected chi connectivity index (χ4v) is 2.64. The lowest BCUT2D eigenvalue weighted by Gasteiger charge is -2.34. The smallest absolute Gasteiger partial charge is 0.228 e. The Bertz CT molecular complexity index is 596. The predicted molar refractivity (Wildman–Crippen MR) is 86.4 cm³/mol. The summed E-state index contributed by atoms with van der Waals surface area (Å²) in [7, 11) is 0. The normalized spacial score (nSPS) is 19.8. The summed E-state index contributed by atoms with van der Waals surface area (Å²) in [6, 6.07) is 18.7. The van der Waals surface area contributed by atoms with Gasteiger partial charge in [0, 0.05) is 23.2 Å². The largest absolute Gasteiger partial charge is 0.326 e. The van der Waals surface area contributed by atoms with Gasteiger partial charge in [0.2, 0.25) is 11.8 Å². The number of para-hydroxylation sites is 2. The Hall–Kier alpha value is -2.62. The summed E-state index contributed by atoms with van der Waals surface area (Å²) in [5.41, 5.74) is 1.53. The Morgan fingerprint density at radius 3 is 1.36 bits per heavy atom. The van der Waals surface area contributed by atoms with Crippen LogP contribution in [0.3, 0.4) is 0 Å². The van der Waals surface area contributed by atoms with Crippen molar-refractivity contribution in [1.29, 1.82) is 0 Å². The maximum Gasteiger partial charge on any atom is 0.228 e. The number of benzene rings is 2. The highest BCUT2D eigenvalue weighted by Crippen LogP contribution is 2.36. The van der Waals surface area contributed by atoms with Crippen LogP contribution in [0.25, 0.3) is 0 Å². The fourth-order valence-electron chi connectivity index (χ4n) is 2.64. The van der Waals surface area contributed by atoms with Crippen molar-refractivity contribution in [2.24, 2.45) is 11.8 Å². The van der Waals surface area contributed by atoms with E-state index in [4.69, 9.17) is 0 Å². The molecule has 0 radical (unpaired) electrons. The number of rotatable bonds is 4. The molecule has 2 unspecified atom stereocenters. The lowest BCUT2D eigenvalue weighted by molar-refractivity contribution is -0.134. The van der Waals surface area contributed by atoms with Gasteiger partial charge >= 0.3 is 0 Å². The van der Waals surface area contributed by atoms with Gasteiger partial charge in [-0.15, -0.1) is 0 Å². The quantitative estimate of drug-likeness (QED) is 0.909. The van der Waals surface area contributed by atoms with Crippen molar-refractivity contribution in [3.63, 3.8) is 0 Å². The third-order valence-corrected chi connectivity index (χ3v) is 4.03. The predicted octanol–water partition coefficient (Wildman–Crippen LogP) is 3.29. The van der Waals surface area contributed by atoms with Crippen molar-refractivity contribution in [3.8, 4) is 0 Å². The van der Waals surface area contributed by atoms with Gasteiger partial charge in [-0.1, -0.05) is 36.4 Å². The van der Waals surface area contributed by atoms with E-state index in [1.165, 1.54) is 0 Å². The van der Waals surface area contributed by atoms with Crippen molar-refractivity contribution < 1.29 is 9.59 Å². The molecule has 1 fully saturated rings. The van der Waals surface area contributed by atoms with Crippen molar-refractivity contribution in [2.75, 3.05) is 10.6 Å². The third-order valence-electron chi connectivity index (χ3n) is 4.03. The van der Waals surface area contributed by atoms with Gasteiger partial charge in [0.25, 0.3) is 0 Å². The number of carbonyl (C=O) groups excluding carboxylic acids is 2. The van der Waals surface area contributed by atoms with Crippen LogP contribution in [-0.2, 0) is 9.59 Å². The summed E-state index contributed by atoms with van der Waals surface area (Å²) in [5, 5.41) is 5.75. The Balaban J connectivity index is 1.59. The lowest BCUT2D eigenvalue weighted by Crippen LogP contribution is -2.43. The summed E-state index contributed by atoms with van der Waals surface area (Å²) >= 11 is 0. The second-order valence-corrected chi connectivity index (χ2v) is 5.50. The molecule has 1 aliphatic rings. The molecule has 0 spiro atoms. The number of hydrogen-bond donors (Lipinski definition) is 2. The van der Waals surface area contributed by atoms with Crippen LogP contribution in [0.4, 0.5) is 11.4 Å². The minimum absolute atomic E-state index is 0.0781. The molecule has 2 aromatic rings. The van der Waals surface area contributed by atoms with Crippen molar-refractivity contribution in [1.82, 2.24) is 0 Å². The second kappa shape index (κ2) is 6.43. The minimum atomic E-state index is -0.246. The molecule has 4 nitrogen and oxygen atoms in total. The number of nitrogens with one attached hydrogen (secondary N) is 2. The zero-order valence-corrected chi connectivity index (χ0v) is 12.2. The van der Waals surface area contributed by atoms with Gasteiger partial charge in [-0.05, 0) is 37.1 Å². The molecule has 1 aliphatic carbocycles. The Morgan fingerprint density at radius 2 is 1.05 bits per heavy atom. The highest BCUT2D eigenvalue weighted by molar-refractivity contribution is 6.00. The maximum atomic E-state index is 12.3. The van der Waals surface area contributed by atoms with Crippen molar-refractivity contribution >= 4 is 23.2 Å². The molecule has 0 aromatic heterocycles. The molecular weight excluding hydrogens is 276 g/mol. The van der Waals surface area contributed by atoms with E-state index in [1.807, 2.05) is 60.7 Å². The van der Waals surface area contributed by atoms with Gasteiger partial charge in [-0.25, -0.2) is 0 Å². The summed E-state index contributed by atoms with van der Waals surface area (Å²) in [6.07, 6.45) is 1.51. The number of amides is 2. The molecule has 0 heterocycles. The third kappa shape index (κ3) is 3.17. The SMILES string of the molecule is O=C(Nc1ccccc1)C1CCC1C(=O)Nc1ccccc1. The molecule has 22 heavy (non-hydrogen) atoms. The Kier molecular flexibility index (Phi) is 4.19. The van der Waals surface area contributed by atoms with Crippen LogP contribution >= 0.6 is 0 Å². The first-order valence-electron chi connectivity index (χ1n) is 7.46. The standard InChI is InChI=1S/C18H18N2O2/c21-17(19-13-7-3-1-4-8-13)15-11-12-16(15)18(22)20-14-9-5-2-6-10-14/h1-10,15-16H,11-12H2,(H,19,21)(H,20,22).